The summed E-state index contributed by atoms with van der Waals surface area (Å²) in [6.45, 7) is 1.22. The summed E-state index contributed by atoms with van der Waals surface area (Å²) in [5.74, 6) is -0.491. The number of halogens is 1. The Labute approximate surface area is 166 Å². The summed E-state index contributed by atoms with van der Waals surface area (Å²) in [6, 6.07) is 13.4. The first-order valence-electron chi connectivity index (χ1n) is 8.24. The zero-order chi connectivity index (χ0) is 19.8. The molecule has 0 saturated carbocycles. The highest BCUT2D eigenvalue weighted by Crippen LogP contribution is 2.21. The molecule has 0 aliphatic heterocycles. The van der Waals surface area contributed by atoms with Crippen LogP contribution in [0.4, 0.5) is 0 Å². The Morgan fingerprint density at radius 2 is 1.85 bits per heavy atom. The van der Waals surface area contributed by atoms with Crippen molar-refractivity contribution in [2.45, 2.75) is 19.4 Å². The number of hydrogen-bond donors (Lipinski definition) is 1. The van der Waals surface area contributed by atoms with Crippen LogP contribution in [0.3, 0.4) is 0 Å². The van der Waals surface area contributed by atoms with E-state index in [1.54, 1.807) is 24.3 Å². The first-order valence-corrected chi connectivity index (χ1v) is 9.03. The van der Waals surface area contributed by atoms with Gasteiger partial charge >= 0.3 is 5.97 Å². The lowest BCUT2D eigenvalue weighted by atomic mass is 10.0. The van der Waals surface area contributed by atoms with Crippen molar-refractivity contribution in [2.75, 3.05) is 13.7 Å². The van der Waals surface area contributed by atoms with Crippen LogP contribution in [0.15, 0.2) is 53.0 Å². The largest absolute Gasteiger partial charge is 0.484 e. The van der Waals surface area contributed by atoms with Crippen LogP contribution >= 0.6 is 15.9 Å². The first kappa shape index (κ1) is 20.6. The molecular weight excluding hydrogens is 414 g/mol. The van der Waals surface area contributed by atoms with Crippen LogP contribution < -0.4 is 10.1 Å². The average molecular weight is 434 g/mol. The van der Waals surface area contributed by atoms with E-state index < -0.39 is 17.9 Å². The maximum absolute atomic E-state index is 12.3. The Kier molecular flexibility index (Phi) is 7.55. The minimum Gasteiger partial charge on any atom is -0.484 e. The second-order valence-electron chi connectivity index (χ2n) is 5.83. The number of hydrogen-bond acceptors (Lipinski definition) is 5. The number of esters is 1. The third-order valence-corrected chi connectivity index (χ3v) is 4.29. The molecule has 0 bridgehead atoms. The second-order valence-corrected chi connectivity index (χ2v) is 6.74. The van der Waals surface area contributed by atoms with Crippen LogP contribution in [0.5, 0.6) is 5.75 Å². The molecule has 142 valence electrons. The molecule has 6 nitrogen and oxygen atoms in total. The summed E-state index contributed by atoms with van der Waals surface area (Å²) in [7, 11) is 1.30. The van der Waals surface area contributed by atoms with E-state index in [-0.39, 0.29) is 18.8 Å². The van der Waals surface area contributed by atoms with Gasteiger partial charge in [0.25, 0.3) is 5.91 Å². The van der Waals surface area contributed by atoms with Crippen molar-refractivity contribution >= 4 is 33.6 Å². The minimum atomic E-state index is -0.547. The third-order valence-electron chi connectivity index (χ3n) is 3.80. The van der Waals surface area contributed by atoms with Gasteiger partial charge in [0, 0.05) is 10.0 Å². The number of Topliss-reactive ketones (excluding diaryl/α,β-unsaturated/α-hetero) is 1. The van der Waals surface area contributed by atoms with Crippen molar-refractivity contribution in [3.8, 4) is 5.75 Å². The van der Waals surface area contributed by atoms with E-state index in [1.165, 1.54) is 14.0 Å². The van der Waals surface area contributed by atoms with E-state index in [1.807, 2.05) is 24.3 Å². The van der Waals surface area contributed by atoms with E-state index in [0.717, 1.165) is 10.0 Å². The molecule has 0 aliphatic carbocycles. The predicted octanol–water partition coefficient (Wildman–Crippen LogP) is 3.45. The van der Waals surface area contributed by atoms with Gasteiger partial charge in [0.15, 0.2) is 12.4 Å². The van der Waals surface area contributed by atoms with E-state index in [9.17, 15) is 14.4 Å². The molecule has 0 saturated heterocycles. The normalized spacial score (nSPS) is 11.4. The van der Waals surface area contributed by atoms with Gasteiger partial charge in [-0.1, -0.05) is 40.2 Å². The van der Waals surface area contributed by atoms with Gasteiger partial charge in [-0.3, -0.25) is 14.4 Å². The Bertz CT molecular complexity index is 837. The molecule has 0 aliphatic rings. The number of ether oxygens (including phenoxy) is 2. The van der Waals surface area contributed by atoms with Crippen molar-refractivity contribution in [1.29, 1.82) is 0 Å². The molecule has 0 aromatic heterocycles. The molecule has 0 heterocycles. The maximum Gasteiger partial charge on any atom is 0.307 e. The van der Waals surface area contributed by atoms with Crippen molar-refractivity contribution in [2.24, 2.45) is 0 Å². The summed E-state index contributed by atoms with van der Waals surface area (Å²) < 4.78 is 11.0. The van der Waals surface area contributed by atoms with Crippen molar-refractivity contribution < 1.29 is 23.9 Å². The maximum atomic E-state index is 12.3. The van der Waals surface area contributed by atoms with Gasteiger partial charge in [0.1, 0.15) is 5.75 Å². The highest BCUT2D eigenvalue weighted by Gasteiger charge is 2.19. The van der Waals surface area contributed by atoms with Gasteiger partial charge in [-0.15, -0.1) is 0 Å². The molecule has 27 heavy (non-hydrogen) atoms. The molecule has 2 aromatic rings. The third kappa shape index (κ3) is 6.53. The number of methoxy groups -OCH3 is 1. The molecule has 1 N–H and O–H groups in total. The van der Waals surface area contributed by atoms with Crippen molar-refractivity contribution in [3.63, 3.8) is 0 Å². The monoisotopic (exact) mass is 433 g/mol. The molecule has 0 radical (unpaired) electrons. The number of nitrogens with one attached hydrogen (secondary N) is 1. The molecule has 1 unspecified atom stereocenters. The van der Waals surface area contributed by atoms with E-state index in [4.69, 9.17) is 9.47 Å². The Balaban J connectivity index is 2.03. The topological polar surface area (TPSA) is 81.7 Å². The number of benzene rings is 2. The second kappa shape index (κ2) is 9.87. The minimum absolute atomic E-state index is 0.00147. The lowest BCUT2D eigenvalue weighted by Gasteiger charge is -2.19. The van der Waals surface area contributed by atoms with E-state index in [2.05, 4.69) is 21.2 Å². The number of carbonyl (C=O) groups is 3. The smallest absolute Gasteiger partial charge is 0.307 e. The van der Waals surface area contributed by atoms with Gasteiger partial charge in [-0.2, -0.15) is 0 Å². The van der Waals surface area contributed by atoms with E-state index in [0.29, 0.717) is 11.3 Å². The summed E-state index contributed by atoms with van der Waals surface area (Å²) in [4.78, 5) is 35.4. The quantitative estimate of drug-likeness (QED) is 0.509. The number of carbonyl (C=O) groups excluding carboxylic acids is 3. The number of amides is 1. The SMILES string of the molecule is COC(=O)CC(NC(=O)COc1cccc(C(C)=O)c1)c1cccc(Br)c1. The van der Waals surface area contributed by atoms with Gasteiger partial charge in [0.2, 0.25) is 0 Å². The first-order chi connectivity index (χ1) is 12.9. The number of ketones is 1. The highest BCUT2D eigenvalue weighted by molar-refractivity contribution is 9.10. The lowest BCUT2D eigenvalue weighted by molar-refractivity contribution is -0.141. The highest BCUT2D eigenvalue weighted by atomic mass is 79.9. The Morgan fingerprint density at radius 3 is 2.52 bits per heavy atom. The molecular formula is C20H20BrNO5. The van der Waals surface area contributed by atoms with Crippen LogP contribution in [0.1, 0.15) is 35.3 Å². The van der Waals surface area contributed by atoms with Gasteiger partial charge < -0.3 is 14.8 Å². The van der Waals surface area contributed by atoms with Crippen LogP contribution in [0.2, 0.25) is 0 Å². The van der Waals surface area contributed by atoms with Gasteiger partial charge in [-0.25, -0.2) is 0 Å². The fourth-order valence-corrected chi connectivity index (χ4v) is 2.83. The summed E-state index contributed by atoms with van der Waals surface area (Å²) >= 11 is 3.38. The van der Waals surface area contributed by atoms with Crippen molar-refractivity contribution in [1.82, 2.24) is 5.32 Å². The lowest BCUT2D eigenvalue weighted by Crippen LogP contribution is -2.34. The summed E-state index contributed by atoms with van der Waals surface area (Å²) in [5, 5.41) is 2.78. The zero-order valence-electron chi connectivity index (χ0n) is 15.0. The van der Waals surface area contributed by atoms with Gasteiger partial charge in [0.05, 0.1) is 19.6 Å². The molecule has 2 aromatic carbocycles. The number of rotatable bonds is 8. The fourth-order valence-electron chi connectivity index (χ4n) is 2.42. The predicted molar refractivity (Wildman–Crippen MR) is 104 cm³/mol. The molecule has 1 amide bonds. The average Bonchev–Trinajstić information content (AvgIpc) is 2.66. The molecule has 0 fully saturated rings. The van der Waals surface area contributed by atoms with Crippen LogP contribution in [0, 0.1) is 0 Å². The van der Waals surface area contributed by atoms with E-state index >= 15 is 0 Å². The van der Waals surface area contributed by atoms with Crippen molar-refractivity contribution in [3.05, 3.63) is 64.1 Å². The van der Waals surface area contributed by atoms with Crippen LogP contribution in [0.25, 0.3) is 0 Å². The molecule has 7 heteroatoms. The summed E-state index contributed by atoms with van der Waals surface area (Å²) in [6.07, 6.45) is -0.00147. The van der Waals surface area contributed by atoms with Crippen LogP contribution in [-0.4, -0.2) is 31.4 Å². The molecule has 2 rings (SSSR count). The molecule has 1 atom stereocenters. The molecule has 0 spiro atoms. The Hall–Kier alpha value is -2.67. The van der Waals surface area contributed by atoms with Crippen LogP contribution in [-0.2, 0) is 14.3 Å². The van der Waals surface area contributed by atoms with Gasteiger partial charge in [-0.05, 0) is 36.8 Å². The Morgan fingerprint density at radius 1 is 1.11 bits per heavy atom. The summed E-state index contributed by atoms with van der Waals surface area (Å²) in [5.41, 5.74) is 1.27. The zero-order valence-corrected chi connectivity index (χ0v) is 16.6. The standard InChI is InChI=1S/C20H20BrNO5/c1-13(23)14-5-4-8-17(10-14)27-12-19(24)22-18(11-20(25)26-2)15-6-3-7-16(21)9-15/h3-10,18H,11-12H2,1-2H3,(H,22,24). The fraction of sp³-hybridized carbons (Fsp3) is 0.250.